The lowest BCUT2D eigenvalue weighted by Gasteiger charge is -2.10. The van der Waals surface area contributed by atoms with Crippen LogP contribution in [0.1, 0.15) is 31.5 Å². The lowest BCUT2D eigenvalue weighted by Crippen LogP contribution is -2.14. The Hall–Kier alpha value is -1.87. The molecule has 2 aromatic rings. The van der Waals surface area contributed by atoms with Crippen LogP contribution in [0.2, 0.25) is 0 Å². The molecular formula is C17H22N2O. The van der Waals surface area contributed by atoms with E-state index in [2.05, 4.69) is 30.2 Å². The molecule has 0 fully saturated rings. The van der Waals surface area contributed by atoms with E-state index in [1.165, 1.54) is 5.56 Å². The molecule has 106 valence electrons. The number of pyridine rings is 1. The van der Waals surface area contributed by atoms with Crippen LogP contribution in [0, 0.1) is 0 Å². The predicted molar refractivity (Wildman–Crippen MR) is 82.1 cm³/mol. The Balaban J connectivity index is 2.07. The molecule has 1 heterocycles. The van der Waals surface area contributed by atoms with Crippen LogP contribution in [-0.2, 0) is 13.0 Å². The van der Waals surface area contributed by atoms with Crippen molar-refractivity contribution in [2.75, 3.05) is 6.54 Å². The van der Waals surface area contributed by atoms with Crippen molar-refractivity contribution in [1.82, 2.24) is 10.3 Å². The predicted octanol–water partition coefficient (Wildman–Crippen LogP) is 3.94. The van der Waals surface area contributed by atoms with Crippen molar-refractivity contribution in [1.29, 1.82) is 0 Å². The zero-order valence-corrected chi connectivity index (χ0v) is 12.2. The Morgan fingerprint density at radius 2 is 2.00 bits per heavy atom. The minimum Gasteiger partial charge on any atom is -0.457 e. The number of benzene rings is 1. The van der Waals surface area contributed by atoms with E-state index in [4.69, 9.17) is 4.74 Å². The lowest BCUT2D eigenvalue weighted by atomic mass is 10.1. The normalized spacial score (nSPS) is 10.5. The van der Waals surface area contributed by atoms with Gasteiger partial charge in [-0.1, -0.05) is 32.0 Å². The number of hydrogen-bond donors (Lipinski definition) is 1. The van der Waals surface area contributed by atoms with Crippen molar-refractivity contribution in [3.05, 3.63) is 53.9 Å². The highest BCUT2D eigenvalue weighted by molar-refractivity contribution is 5.37. The fourth-order valence-electron chi connectivity index (χ4n) is 2.03. The van der Waals surface area contributed by atoms with Crippen LogP contribution in [0.25, 0.3) is 0 Å². The number of aromatic nitrogens is 1. The molecule has 0 amide bonds. The van der Waals surface area contributed by atoms with Gasteiger partial charge < -0.3 is 10.1 Å². The summed E-state index contributed by atoms with van der Waals surface area (Å²) in [5.74, 6) is 1.77. The summed E-state index contributed by atoms with van der Waals surface area (Å²) >= 11 is 0. The van der Waals surface area contributed by atoms with Gasteiger partial charge in [-0.25, -0.2) is 0 Å². The molecule has 0 saturated heterocycles. The monoisotopic (exact) mass is 270 g/mol. The second-order valence-corrected chi connectivity index (χ2v) is 4.72. The maximum absolute atomic E-state index is 5.98. The minimum atomic E-state index is 0.778. The molecule has 2 rings (SSSR count). The molecule has 0 unspecified atom stereocenters. The molecule has 0 radical (unpaired) electrons. The Labute approximate surface area is 121 Å². The zero-order valence-electron chi connectivity index (χ0n) is 12.2. The third-order valence-electron chi connectivity index (χ3n) is 3.10. The highest BCUT2D eigenvalue weighted by atomic mass is 16.5. The van der Waals surface area contributed by atoms with Crippen molar-refractivity contribution in [2.24, 2.45) is 0 Å². The number of hydrogen-bond acceptors (Lipinski definition) is 3. The smallest absolute Gasteiger partial charge is 0.130 e. The first-order valence-corrected chi connectivity index (χ1v) is 7.25. The number of aryl methyl sites for hydroxylation is 1. The van der Waals surface area contributed by atoms with E-state index in [1.54, 1.807) is 6.20 Å². The molecule has 20 heavy (non-hydrogen) atoms. The van der Waals surface area contributed by atoms with Crippen LogP contribution in [-0.4, -0.2) is 11.5 Å². The van der Waals surface area contributed by atoms with E-state index in [-0.39, 0.29) is 0 Å². The van der Waals surface area contributed by atoms with E-state index in [1.807, 2.05) is 30.3 Å². The molecule has 0 aliphatic rings. The van der Waals surface area contributed by atoms with Crippen LogP contribution < -0.4 is 10.1 Å². The van der Waals surface area contributed by atoms with Gasteiger partial charge in [-0.15, -0.1) is 0 Å². The first kappa shape index (κ1) is 14.5. The number of nitrogens with zero attached hydrogens (tertiary/aromatic N) is 1. The van der Waals surface area contributed by atoms with Crippen LogP contribution in [0.15, 0.2) is 42.6 Å². The molecule has 0 spiro atoms. The van der Waals surface area contributed by atoms with Gasteiger partial charge in [-0.3, -0.25) is 4.98 Å². The summed E-state index contributed by atoms with van der Waals surface area (Å²) in [6.07, 6.45) is 3.89. The zero-order chi connectivity index (χ0) is 14.2. The van der Waals surface area contributed by atoms with Crippen LogP contribution in [0.5, 0.6) is 11.5 Å². The van der Waals surface area contributed by atoms with Gasteiger partial charge >= 0.3 is 0 Å². The molecule has 1 aromatic heterocycles. The van der Waals surface area contributed by atoms with Gasteiger partial charge in [0.2, 0.25) is 0 Å². The number of rotatable bonds is 7. The average Bonchev–Trinajstić information content (AvgIpc) is 2.48. The van der Waals surface area contributed by atoms with Gasteiger partial charge in [-0.2, -0.15) is 0 Å². The Morgan fingerprint density at radius 3 is 2.80 bits per heavy atom. The van der Waals surface area contributed by atoms with E-state index in [0.29, 0.717) is 0 Å². The molecule has 1 N–H and O–H groups in total. The number of para-hydroxylation sites is 1. The van der Waals surface area contributed by atoms with Crippen LogP contribution in [0.4, 0.5) is 0 Å². The highest BCUT2D eigenvalue weighted by Gasteiger charge is 2.03. The van der Waals surface area contributed by atoms with Crippen LogP contribution in [0.3, 0.4) is 0 Å². The third-order valence-corrected chi connectivity index (χ3v) is 3.10. The molecule has 3 nitrogen and oxygen atoms in total. The van der Waals surface area contributed by atoms with Crippen molar-refractivity contribution in [3.63, 3.8) is 0 Å². The fourth-order valence-corrected chi connectivity index (χ4v) is 2.03. The van der Waals surface area contributed by atoms with Gasteiger partial charge in [-0.05, 0) is 37.1 Å². The standard InChI is InChI=1S/C17H22N2O/c1-3-10-18-13-15-12-16(9-11-19-15)20-17-8-6-5-7-14(17)4-2/h5-9,11-12,18H,3-4,10,13H2,1-2H3. The minimum absolute atomic E-state index is 0.778. The van der Waals surface area contributed by atoms with E-state index < -0.39 is 0 Å². The van der Waals surface area contributed by atoms with Gasteiger partial charge in [0.25, 0.3) is 0 Å². The summed E-state index contributed by atoms with van der Waals surface area (Å²) in [4.78, 5) is 4.35. The first-order valence-electron chi connectivity index (χ1n) is 7.25. The Kier molecular flexibility index (Phi) is 5.56. The fraction of sp³-hybridized carbons (Fsp3) is 0.353. The van der Waals surface area contributed by atoms with Gasteiger partial charge in [0.05, 0.1) is 5.69 Å². The van der Waals surface area contributed by atoms with E-state index >= 15 is 0 Å². The van der Waals surface area contributed by atoms with Crippen molar-refractivity contribution >= 4 is 0 Å². The molecule has 0 saturated carbocycles. The molecule has 3 heteroatoms. The summed E-state index contributed by atoms with van der Waals surface area (Å²) in [6, 6.07) is 12.0. The number of ether oxygens (including phenoxy) is 1. The maximum Gasteiger partial charge on any atom is 0.130 e. The molecule has 0 aliphatic heterocycles. The summed E-state index contributed by atoms with van der Waals surface area (Å²) in [5, 5.41) is 3.35. The topological polar surface area (TPSA) is 34.1 Å². The largest absolute Gasteiger partial charge is 0.457 e. The van der Waals surface area contributed by atoms with E-state index in [9.17, 15) is 0 Å². The van der Waals surface area contributed by atoms with Crippen molar-refractivity contribution in [3.8, 4) is 11.5 Å². The quantitative estimate of drug-likeness (QED) is 0.774. The summed E-state index contributed by atoms with van der Waals surface area (Å²) in [5.41, 5.74) is 2.22. The summed E-state index contributed by atoms with van der Waals surface area (Å²) < 4.78 is 5.98. The molecule has 0 atom stereocenters. The lowest BCUT2D eigenvalue weighted by molar-refractivity contribution is 0.474. The van der Waals surface area contributed by atoms with Gasteiger partial charge in [0.15, 0.2) is 0 Å². The Morgan fingerprint density at radius 1 is 1.15 bits per heavy atom. The first-order chi connectivity index (χ1) is 9.83. The Bertz CT molecular complexity index is 540. The van der Waals surface area contributed by atoms with Gasteiger partial charge in [0.1, 0.15) is 11.5 Å². The maximum atomic E-state index is 5.98. The third kappa shape index (κ3) is 4.07. The molecule has 1 aromatic carbocycles. The summed E-state index contributed by atoms with van der Waals surface area (Å²) in [7, 11) is 0. The van der Waals surface area contributed by atoms with Crippen LogP contribution >= 0.6 is 0 Å². The SMILES string of the molecule is CCCNCc1cc(Oc2ccccc2CC)ccn1. The van der Waals surface area contributed by atoms with Gasteiger partial charge in [0, 0.05) is 18.8 Å². The average molecular weight is 270 g/mol. The van der Waals surface area contributed by atoms with Crippen molar-refractivity contribution < 1.29 is 4.74 Å². The second-order valence-electron chi connectivity index (χ2n) is 4.72. The molecule has 0 bridgehead atoms. The highest BCUT2D eigenvalue weighted by Crippen LogP contribution is 2.25. The van der Waals surface area contributed by atoms with E-state index in [0.717, 1.165) is 43.1 Å². The second kappa shape index (κ2) is 7.65. The van der Waals surface area contributed by atoms with Crippen molar-refractivity contribution in [2.45, 2.75) is 33.2 Å². The summed E-state index contributed by atoms with van der Waals surface area (Å²) in [6.45, 7) is 6.07. The molecular weight excluding hydrogens is 248 g/mol. The molecule has 0 aliphatic carbocycles. The number of nitrogens with one attached hydrogen (secondary N) is 1.